The summed E-state index contributed by atoms with van der Waals surface area (Å²) in [5.74, 6) is -0.421. The van der Waals surface area contributed by atoms with E-state index < -0.39 is 12.4 Å². The first kappa shape index (κ1) is 11.5. The molecule has 2 heterocycles. The van der Waals surface area contributed by atoms with E-state index in [1.54, 1.807) is 12.1 Å². The van der Waals surface area contributed by atoms with E-state index in [9.17, 15) is 4.39 Å². The molecule has 0 fully saturated rings. The number of hydrogen-bond donors (Lipinski definition) is 1. The average molecular weight is 234 g/mol. The fraction of sp³-hybridized carbons (Fsp3) is 0.167. The lowest BCUT2D eigenvalue weighted by Gasteiger charge is -2.07. The van der Waals surface area contributed by atoms with Gasteiger partial charge in [0.2, 0.25) is 0 Å². The molecule has 0 aliphatic heterocycles. The average Bonchev–Trinajstić information content (AvgIpc) is 2.35. The zero-order valence-electron chi connectivity index (χ0n) is 9.22. The number of rotatable bonds is 3. The van der Waals surface area contributed by atoms with E-state index >= 15 is 0 Å². The largest absolute Gasteiger partial charge is 0.435 e. The zero-order valence-corrected chi connectivity index (χ0v) is 9.22. The summed E-state index contributed by atoms with van der Waals surface area (Å²) >= 11 is 0. The highest BCUT2D eigenvalue weighted by molar-refractivity contribution is 5.29. The van der Waals surface area contributed by atoms with Crippen LogP contribution in [0.1, 0.15) is 11.3 Å². The number of aryl methyl sites for hydroxylation is 1. The van der Waals surface area contributed by atoms with Gasteiger partial charge in [0.25, 0.3) is 5.88 Å². The highest BCUT2D eigenvalue weighted by atomic mass is 19.1. The maximum absolute atomic E-state index is 13.7. The third-order valence-electron chi connectivity index (χ3n) is 2.21. The van der Waals surface area contributed by atoms with E-state index in [2.05, 4.69) is 9.97 Å². The summed E-state index contributed by atoms with van der Waals surface area (Å²) in [6.45, 7) is 1.45. The molecule has 0 atom stereocenters. The van der Waals surface area contributed by atoms with Crippen molar-refractivity contribution < 1.29 is 14.2 Å². The maximum Gasteiger partial charge on any atom is 0.256 e. The zero-order chi connectivity index (χ0) is 12.3. The Bertz CT molecular complexity index is 514. The van der Waals surface area contributed by atoms with Crippen LogP contribution in [0.4, 0.5) is 4.39 Å². The van der Waals surface area contributed by atoms with Crippen LogP contribution in [-0.4, -0.2) is 15.1 Å². The van der Waals surface area contributed by atoms with E-state index in [4.69, 9.17) is 9.84 Å². The molecular weight excluding hydrogens is 223 g/mol. The molecule has 0 aliphatic rings. The quantitative estimate of drug-likeness (QED) is 0.884. The molecule has 5 heteroatoms. The van der Waals surface area contributed by atoms with Crippen molar-refractivity contribution in [1.82, 2.24) is 9.97 Å². The number of hydrogen-bond acceptors (Lipinski definition) is 4. The smallest absolute Gasteiger partial charge is 0.256 e. The lowest BCUT2D eigenvalue weighted by molar-refractivity contribution is 0.273. The highest BCUT2D eigenvalue weighted by Crippen LogP contribution is 2.23. The molecule has 0 aromatic carbocycles. The second-order valence-corrected chi connectivity index (χ2v) is 3.48. The molecule has 2 aromatic rings. The molecule has 0 unspecified atom stereocenters. The summed E-state index contributed by atoms with van der Waals surface area (Å²) in [5.41, 5.74) is 0.991. The maximum atomic E-state index is 13.7. The Morgan fingerprint density at radius 3 is 2.76 bits per heavy atom. The Morgan fingerprint density at radius 1 is 1.29 bits per heavy atom. The topological polar surface area (TPSA) is 55.2 Å². The van der Waals surface area contributed by atoms with Gasteiger partial charge in [0, 0.05) is 17.5 Å². The van der Waals surface area contributed by atoms with Crippen LogP contribution >= 0.6 is 0 Å². The summed E-state index contributed by atoms with van der Waals surface area (Å²) in [5, 5.41) is 8.91. The van der Waals surface area contributed by atoms with Crippen LogP contribution in [0.2, 0.25) is 0 Å². The van der Waals surface area contributed by atoms with Crippen molar-refractivity contribution in [2.24, 2.45) is 0 Å². The van der Waals surface area contributed by atoms with Crippen LogP contribution in [-0.2, 0) is 6.61 Å². The van der Waals surface area contributed by atoms with Gasteiger partial charge in [0.05, 0.1) is 12.8 Å². The van der Waals surface area contributed by atoms with Gasteiger partial charge in [-0.15, -0.1) is 0 Å². The molecule has 0 amide bonds. The van der Waals surface area contributed by atoms with Gasteiger partial charge in [0.15, 0.2) is 5.82 Å². The van der Waals surface area contributed by atoms with Crippen molar-refractivity contribution in [3.8, 4) is 11.6 Å². The van der Waals surface area contributed by atoms with Crippen LogP contribution in [0, 0.1) is 12.7 Å². The van der Waals surface area contributed by atoms with Crippen molar-refractivity contribution in [1.29, 1.82) is 0 Å². The third-order valence-corrected chi connectivity index (χ3v) is 2.21. The SMILES string of the molecule is Cc1ccc(Oc2nccc(CO)c2F)cn1. The fourth-order valence-electron chi connectivity index (χ4n) is 1.28. The highest BCUT2D eigenvalue weighted by Gasteiger charge is 2.10. The predicted molar refractivity (Wildman–Crippen MR) is 59.2 cm³/mol. The first-order valence-electron chi connectivity index (χ1n) is 5.05. The molecule has 0 bridgehead atoms. The van der Waals surface area contributed by atoms with Crippen molar-refractivity contribution >= 4 is 0 Å². The number of aliphatic hydroxyl groups excluding tert-OH is 1. The summed E-state index contributed by atoms with van der Waals surface area (Å²) in [7, 11) is 0. The molecule has 0 saturated carbocycles. The summed E-state index contributed by atoms with van der Waals surface area (Å²) < 4.78 is 18.9. The van der Waals surface area contributed by atoms with Gasteiger partial charge in [0.1, 0.15) is 5.75 Å². The van der Waals surface area contributed by atoms with E-state index in [-0.39, 0.29) is 11.4 Å². The lowest BCUT2D eigenvalue weighted by Crippen LogP contribution is -1.97. The van der Waals surface area contributed by atoms with Crippen molar-refractivity contribution in [3.05, 3.63) is 47.7 Å². The number of aromatic nitrogens is 2. The summed E-state index contributed by atoms with van der Waals surface area (Å²) in [6, 6.07) is 4.83. The Hall–Kier alpha value is -2.01. The Balaban J connectivity index is 2.27. The normalized spacial score (nSPS) is 10.3. The molecule has 4 nitrogen and oxygen atoms in total. The number of halogens is 1. The lowest BCUT2D eigenvalue weighted by atomic mass is 10.3. The van der Waals surface area contributed by atoms with E-state index in [0.29, 0.717) is 5.75 Å². The van der Waals surface area contributed by atoms with Crippen LogP contribution in [0.15, 0.2) is 30.6 Å². The van der Waals surface area contributed by atoms with Gasteiger partial charge in [-0.3, -0.25) is 4.98 Å². The Morgan fingerprint density at radius 2 is 2.12 bits per heavy atom. The molecule has 17 heavy (non-hydrogen) atoms. The van der Waals surface area contributed by atoms with Gasteiger partial charge in [-0.05, 0) is 25.1 Å². The third kappa shape index (κ3) is 2.57. The van der Waals surface area contributed by atoms with E-state index in [1.807, 2.05) is 6.92 Å². The van der Waals surface area contributed by atoms with Crippen molar-refractivity contribution in [3.63, 3.8) is 0 Å². The molecule has 0 spiro atoms. The molecule has 2 aromatic heterocycles. The molecule has 1 N–H and O–H groups in total. The number of pyridine rings is 2. The monoisotopic (exact) mass is 234 g/mol. The van der Waals surface area contributed by atoms with E-state index in [0.717, 1.165) is 5.69 Å². The Labute approximate surface area is 97.7 Å². The van der Waals surface area contributed by atoms with Crippen LogP contribution in [0.3, 0.4) is 0 Å². The molecule has 0 radical (unpaired) electrons. The van der Waals surface area contributed by atoms with Crippen molar-refractivity contribution in [2.45, 2.75) is 13.5 Å². The van der Waals surface area contributed by atoms with Crippen LogP contribution < -0.4 is 4.74 Å². The summed E-state index contributed by atoms with van der Waals surface area (Å²) in [6.07, 6.45) is 2.87. The number of ether oxygens (including phenoxy) is 1. The standard InChI is InChI=1S/C12H11FN2O2/c1-8-2-3-10(6-15-8)17-12-11(13)9(7-16)4-5-14-12/h2-6,16H,7H2,1H3. The van der Waals surface area contributed by atoms with Gasteiger partial charge in [-0.2, -0.15) is 0 Å². The van der Waals surface area contributed by atoms with Crippen molar-refractivity contribution in [2.75, 3.05) is 0 Å². The minimum atomic E-state index is -0.657. The van der Waals surface area contributed by atoms with Crippen LogP contribution in [0.25, 0.3) is 0 Å². The first-order valence-corrected chi connectivity index (χ1v) is 5.05. The summed E-state index contributed by atoms with van der Waals surface area (Å²) in [4.78, 5) is 7.79. The molecule has 0 saturated heterocycles. The second-order valence-electron chi connectivity index (χ2n) is 3.48. The van der Waals surface area contributed by atoms with E-state index in [1.165, 1.54) is 18.5 Å². The number of nitrogens with zero attached hydrogens (tertiary/aromatic N) is 2. The molecule has 0 aliphatic carbocycles. The molecule has 2 rings (SSSR count). The van der Waals surface area contributed by atoms with Gasteiger partial charge in [-0.1, -0.05) is 0 Å². The fourth-order valence-corrected chi connectivity index (χ4v) is 1.28. The first-order chi connectivity index (χ1) is 8.20. The minimum absolute atomic E-state index is 0.148. The minimum Gasteiger partial charge on any atom is -0.435 e. The Kier molecular flexibility index (Phi) is 3.30. The number of aliphatic hydroxyl groups is 1. The predicted octanol–water partition coefficient (Wildman–Crippen LogP) is 2.21. The molecular formula is C12H11FN2O2. The van der Waals surface area contributed by atoms with Gasteiger partial charge in [-0.25, -0.2) is 9.37 Å². The van der Waals surface area contributed by atoms with Gasteiger partial charge >= 0.3 is 0 Å². The van der Waals surface area contributed by atoms with Gasteiger partial charge < -0.3 is 9.84 Å². The second kappa shape index (κ2) is 4.88. The van der Waals surface area contributed by atoms with Crippen LogP contribution in [0.5, 0.6) is 11.6 Å². The molecule has 88 valence electrons.